The van der Waals surface area contributed by atoms with Crippen molar-refractivity contribution in [3.8, 4) is 0 Å². The van der Waals surface area contributed by atoms with E-state index in [0.717, 1.165) is 6.26 Å². The summed E-state index contributed by atoms with van der Waals surface area (Å²) in [5.74, 6) is -1.91. The maximum Gasteiger partial charge on any atom is 0.339 e. The van der Waals surface area contributed by atoms with Crippen LogP contribution in [0.1, 0.15) is 54.9 Å². The van der Waals surface area contributed by atoms with Crippen LogP contribution in [0.15, 0.2) is 23.1 Å². The van der Waals surface area contributed by atoms with Gasteiger partial charge in [-0.2, -0.15) is 0 Å². The highest BCUT2D eigenvalue weighted by Crippen LogP contribution is 2.22. The zero-order valence-corrected chi connectivity index (χ0v) is 17.9. The molecule has 9 heteroatoms. The second-order valence-corrected chi connectivity index (χ2v) is 8.79. The molecule has 1 N–H and O–H groups in total. The molecular formula is C20H23NO7S. The summed E-state index contributed by atoms with van der Waals surface area (Å²) in [4.78, 5) is 40.0. The van der Waals surface area contributed by atoms with Crippen molar-refractivity contribution in [1.82, 2.24) is 4.98 Å². The zero-order chi connectivity index (χ0) is 22.1. The minimum atomic E-state index is -3.51. The molecule has 156 valence electrons. The van der Waals surface area contributed by atoms with Crippen molar-refractivity contribution in [1.29, 1.82) is 0 Å². The number of hydrogen-bond acceptors (Lipinski definition) is 7. The van der Waals surface area contributed by atoms with Gasteiger partial charge in [0.05, 0.1) is 28.8 Å². The van der Waals surface area contributed by atoms with Gasteiger partial charge in [0.15, 0.2) is 15.9 Å². The second kappa shape index (κ2) is 8.20. The third kappa shape index (κ3) is 4.56. The lowest BCUT2D eigenvalue weighted by Crippen LogP contribution is -2.26. The van der Waals surface area contributed by atoms with Gasteiger partial charge in [0, 0.05) is 11.9 Å². The Bertz CT molecular complexity index is 1100. The second-order valence-electron chi connectivity index (χ2n) is 6.78. The SMILES string of the molecule is COC(=O)c1c(C)[nH]c(C(=O)[C@H](C)OC(=O)c2cc(S(C)(=O)=O)ccc2C)c1C. The number of sulfone groups is 1. The molecule has 0 amide bonds. The van der Waals surface area contributed by atoms with Crippen molar-refractivity contribution >= 4 is 27.6 Å². The van der Waals surface area contributed by atoms with Gasteiger partial charge in [-0.05, 0) is 51.0 Å². The summed E-state index contributed by atoms with van der Waals surface area (Å²) in [7, 11) is -2.26. The molecular weight excluding hydrogens is 398 g/mol. The summed E-state index contributed by atoms with van der Waals surface area (Å²) < 4.78 is 33.5. The standard InChI is InChI=1S/C20H23NO7S/c1-10-7-8-14(29(6,25)26)9-15(10)19(23)28-13(4)18(22)17-11(2)16(12(3)21-17)20(24)27-5/h7-9,13,21H,1-6H3/t13-/m0/s1. The fourth-order valence-electron chi connectivity index (χ4n) is 2.94. The molecule has 0 aliphatic carbocycles. The number of aromatic amines is 1. The van der Waals surface area contributed by atoms with E-state index in [9.17, 15) is 22.8 Å². The summed E-state index contributed by atoms with van der Waals surface area (Å²) in [6.45, 7) is 6.27. The highest BCUT2D eigenvalue weighted by molar-refractivity contribution is 7.90. The molecule has 1 aromatic carbocycles. The van der Waals surface area contributed by atoms with Crippen molar-refractivity contribution in [2.24, 2.45) is 0 Å². The molecule has 0 fully saturated rings. The van der Waals surface area contributed by atoms with E-state index in [4.69, 9.17) is 9.47 Å². The van der Waals surface area contributed by atoms with Gasteiger partial charge in [-0.15, -0.1) is 0 Å². The van der Waals surface area contributed by atoms with Crippen LogP contribution in [-0.2, 0) is 19.3 Å². The number of Topliss-reactive ketones (excluding diaryl/α,β-unsaturated/α-hetero) is 1. The quantitative estimate of drug-likeness (QED) is 0.562. The molecule has 0 aliphatic rings. The zero-order valence-electron chi connectivity index (χ0n) is 17.1. The summed E-state index contributed by atoms with van der Waals surface area (Å²) in [6.07, 6.45) is -0.125. The van der Waals surface area contributed by atoms with Crippen LogP contribution >= 0.6 is 0 Å². The number of methoxy groups -OCH3 is 1. The third-order valence-corrected chi connectivity index (χ3v) is 5.69. The van der Waals surface area contributed by atoms with Crippen LogP contribution < -0.4 is 0 Å². The number of nitrogens with one attached hydrogen (secondary N) is 1. The predicted octanol–water partition coefficient (Wildman–Crippen LogP) is 2.56. The Labute approximate surface area is 169 Å². The molecule has 8 nitrogen and oxygen atoms in total. The van der Waals surface area contributed by atoms with Crippen LogP contribution in [0.2, 0.25) is 0 Å². The van der Waals surface area contributed by atoms with Crippen molar-refractivity contribution in [3.63, 3.8) is 0 Å². The van der Waals surface area contributed by atoms with Gasteiger partial charge in [0.25, 0.3) is 0 Å². The van der Waals surface area contributed by atoms with Gasteiger partial charge < -0.3 is 14.5 Å². The summed E-state index contributed by atoms with van der Waals surface area (Å²) in [5.41, 5.74) is 1.84. The van der Waals surface area contributed by atoms with Gasteiger partial charge in [0.2, 0.25) is 5.78 Å². The smallest absolute Gasteiger partial charge is 0.339 e. The van der Waals surface area contributed by atoms with Gasteiger partial charge >= 0.3 is 11.9 Å². The third-order valence-electron chi connectivity index (χ3n) is 4.58. The molecule has 0 radical (unpaired) electrons. The number of esters is 2. The van der Waals surface area contributed by atoms with Crippen LogP contribution in [0.4, 0.5) is 0 Å². The maximum atomic E-state index is 12.8. The Morgan fingerprint density at radius 1 is 1.07 bits per heavy atom. The molecule has 0 spiro atoms. The molecule has 0 saturated heterocycles. The van der Waals surface area contributed by atoms with E-state index in [1.807, 2.05) is 0 Å². The van der Waals surface area contributed by atoms with E-state index in [1.54, 1.807) is 20.8 Å². The van der Waals surface area contributed by atoms with Crippen LogP contribution in [-0.4, -0.2) is 50.6 Å². The van der Waals surface area contributed by atoms with E-state index >= 15 is 0 Å². The lowest BCUT2D eigenvalue weighted by Gasteiger charge is -2.14. The van der Waals surface area contributed by atoms with Crippen molar-refractivity contribution in [2.75, 3.05) is 13.4 Å². The number of rotatable bonds is 6. The number of benzene rings is 1. The minimum absolute atomic E-state index is 0.0208. The lowest BCUT2D eigenvalue weighted by atomic mass is 10.1. The topological polar surface area (TPSA) is 120 Å². The Kier molecular flexibility index (Phi) is 6.32. The van der Waals surface area contributed by atoms with E-state index in [1.165, 1.54) is 32.2 Å². The van der Waals surface area contributed by atoms with Crippen LogP contribution in [0.25, 0.3) is 0 Å². The Morgan fingerprint density at radius 2 is 1.69 bits per heavy atom. The summed E-state index contributed by atoms with van der Waals surface area (Å²) in [5, 5.41) is 0. The van der Waals surface area contributed by atoms with Crippen molar-refractivity contribution < 1.29 is 32.3 Å². The first-order valence-corrected chi connectivity index (χ1v) is 10.6. The monoisotopic (exact) mass is 421 g/mol. The maximum absolute atomic E-state index is 12.8. The predicted molar refractivity (Wildman–Crippen MR) is 105 cm³/mol. The number of aromatic nitrogens is 1. The molecule has 29 heavy (non-hydrogen) atoms. The minimum Gasteiger partial charge on any atom is -0.465 e. The average molecular weight is 421 g/mol. The van der Waals surface area contributed by atoms with Crippen molar-refractivity contribution in [3.05, 3.63) is 51.8 Å². The van der Waals surface area contributed by atoms with E-state index in [2.05, 4.69) is 4.98 Å². The fourth-order valence-corrected chi connectivity index (χ4v) is 3.58. The molecule has 0 saturated carbocycles. The fraction of sp³-hybridized carbons (Fsp3) is 0.350. The molecule has 2 rings (SSSR count). The van der Waals surface area contributed by atoms with Crippen LogP contribution in [0, 0.1) is 20.8 Å². The number of ketones is 1. The first kappa shape index (κ1) is 22.4. The van der Waals surface area contributed by atoms with Gasteiger partial charge in [-0.3, -0.25) is 4.79 Å². The molecule has 0 unspecified atom stereocenters. The molecule has 1 heterocycles. The van der Waals surface area contributed by atoms with Crippen LogP contribution in [0.5, 0.6) is 0 Å². The van der Waals surface area contributed by atoms with Gasteiger partial charge in [-0.1, -0.05) is 6.07 Å². The molecule has 1 atom stereocenters. The summed E-state index contributed by atoms with van der Waals surface area (Å²) >= 11 is 0. The highest BCUT2D eigenvalue weighted by atomic mass is 32.2. The molecule has 0 aliphatic heterocycles. The van der Waals surface area contributed by atoms with E-state index < -0.39 is 33.7 Å². The molecule has 0 bridgehead atoms. The Balaban J connectivity index is 2.29. The average Bonchev–Trinajstić information content (AvgIpc) is 2.93. The normalized spacial score (nSPS) is 12.3. The summed E-state index contributed by atoms with van der Waals surface area (Å²) in [6, 6.07) is 4.12. The van der Waals surface area contributed by atoms with Crippen molar-refractivity contribution in [2.45, 2.75) is 38.7 Å². The molecule has 2 aromatic rings. The van der Waals surface area contributed by atoms with Gasteiger partial charge in [-0.25, -0.2) is 18.0 Å². The Hall–Kier alpha value is -2.94. The molecule has 1 aromatic heterocycles. The number of hydrogen-bond donors (Lipinski definition) is 1. The highest BCUT2D eigenvalue weighted by Gasteiger charge is 2.28. The Morgan fingerprint density at radius 3 is 2.24 bits per heavy atom. The number of carbonyl (C=O) groups is 3. The lowest BCUT2D eigenvalue weighted by molar-refractivity contribution is 0.0315. The number of H-pyrrole nitrogens is 1. The number of ether oxygens (including phenoxy) is 2. The number of aryl methyl sites for hydroxylation is 2. The van der Waals surface area contributed by atoms with Gasteiger partial charge in [0.1, 0.15) is 0 Å². The largest absolute Gasteiger partial charge is 0.465 e. The number of carbonyl (C=O) groups excluding carboxylic acids is 3. The van der Waals surface area contributed by atoms with E-state index in [0.29, 0.717) is 16.8 Å². The first-order chi connectivity index (χ1) is 13.4. The van der Waals surface area contributed by atoms with E-state index in [-0.39, 0.29) is 21.7 Å². The first-order valence-electron chi connectivity index (χ1n) is 8.71. The van der Waals surface area contributed by atoms with Crippen LogP contribution in [0.3, 0.4) is 0 Å².